The highest BCUT2D eigenvalue weighted by Crippen LogP contribution is 2.29. The molecule has 0 aliphatic heterocycles. The van der Waals surface area contributed by atoms with Crippen molar-refractivity contribution in [3.63, 3.8) is 0 Å². The van der Waals surface area contributed by atoms with Crippen LogP contribution in [0, 0.1) is 0 Å². The van der Waals surface area contributed by atoms with Gasteiger partial charge in [0.05, 0.1) is 5.56 Å². The average Bonchev–Trinajstić information content (AvgIpc) is 2.87. The smallest absolute Gasteiger partial charge is 0.260 e. The Kier molecular flexibility index (Phi) is 2.91. The van der Waals surface area contributed by atoms with E-state index in [0.29, 0.717) is 11.6 Å². The molecule has 0 bridgehead atoms. The van der Waals surface area contributed by atoms with Crippen molar-refractivity contribution in [3.05, 3.63) is 42.2 Å². The van der Waals surface area contributed by atoms with E-state index in [1.165, 1.54) is 0 Å². The lowest BCUT2D eigenvalue weighted by Gasteiger charge is -2.04. The molecular formula is C15H15N3O. The summed E-state index contributed by atoms with van der Waals surface area (Å²) in [5, 5.41) is 6.18. The Hall–Kier alpha value is -2.36. The number of hydrogen-bond donors (Lipinski definition) is 1. The Labute approximate surface area is 111 Å². The third-order valence-electron chi connectivity index (χ3n) is 3.09. The Bertz CT molecular complexity index is 718. The van der Waals surface area contributed by atoms with Crippen LogP contribution >= 0.6 is 0 Å². The van der Waals surface area contributed by atoms with Gasteiger partial charge in [0.2, 0.25) is 0 Å². The standard InChI is InChI=1S/C15H15N3O/c1-2-5-14-17-15(19-18-14)12-8-10-6-3-4-7-11(10)9-13(12)16/h3-4,6-9H,2,5,16H2,1H3. The molecule has 0 atom stereocenters. The average molecular weight is 253 g/mol. The number of nitrogens with zero attached hydrogens (tertiary/aromatic N) is 2. The highest BCUT2D eigenvalue weighted by atomic mass is 16.5. The summed E-state index contributed by atoms with van der Waals surface area (Å²) in [6.45, 7) is 2.08. The van der Waals surface area contributed by atoms with Gasteiger partial charge in [-0.1, -0.05) is 36.3 Å². The van der Waals surface area contributed by atoms with E-state index in [1.54, 1.807) is 0 Å². The van der Waals surface area contributed by atoms with Crippen LogP contribution in [0.5, 0.6) is 0 Å². The van der Waals surface area contributed by atoms with Crippen LogP contribution in [-0.2, 0) is 6.42 Å². The molecule has 2 N–H and O–H groups in total. The minimum Gasteiger partial charge on any atom is -0.398 e. The van der Waals surface area contributed by atoms with Crippen LogP contribution < -0.4 is 5.73 Å². The van der Waals surface area contributed by atoms with Gasteiger partial charge in [-0.15, -0.1) is 0 Å². The fourth-order valence-electron chi connectivity index (χ4n) is 2.13. The maximum absolute atomic E-state index is 6.07. The Morgan fingerprint density at radius 2 is 1.89 bits per heavy atom. The van der Waals surface area contributed by atoms with Gasteiger partial charge in [0.25, 0.3) is 5.89 Å². The minimum atomic E-state index is 0.492. The molecule has 4 heteroatoms. The van der Waals surface area contributed by atoms with E-state index < -0.39 is 0 Å². The number of aryl methyl sites for hydroxylation is 1. The lowest BCUT2D eigenvalue weighted by atomic mass is 10.1. The third kappa shape index (κ3) is 2.17. The quantitative estimate of drug-likeness (QED) is 0.726. The third-order valence-corrected chi connectivity index (χ3v) is 3.09. The van der Waals surface area contributed by atoms with E-state index in [9.17, 15) is 0 Å². The summed E-state index contributed by atoms with van der Waals surface area (Å²) in [5.41, 5.74) is 7.53. The van der Waals surface area contributed by atoms with Crippen molar-refractivity contribution in [2.45, 2.75) is 19.8 Å². The van der Waals surface area contributed by atoms with E-state index in [-0.39, 0.29) is 0 Å². The van der Waals surface area contributed by atoms with Crippen LogP contribution in [0.2, 0.25) is 0 Å². The molecule has 0 aliphatic rings. The van der Waals surface area contributed by atoms with Gasteiger partial charge in [0, 0.05) is 12.1 Å². The molecule has 96 valence electrons. The number of hydrogen-bond acceptors (Lipinski definition) is 4. The Morgan fingerprint density at radius 1 is 1.16 bits per heavy atom. The van der Waals surface area contributed by atoms with Crippen LogP contribution in [0.15, 0.2) is 40.9 Å². The van der Waals surface area contributed by atoms with Gasteiger partial charge in [0.1, 0.15) is 0 Å². The topological polar surface area (TPSA) is 64.9 Å². The first-order valence-electron chi connectivity index (χ1n) is 6.39. The van der Waals surface area contributed by atoms with Crippen LogP contribution in [0.1, 0.15) is 19.2 Å². The summed E-state index contributed by atoms with van der Waals surface area (Å²) in [4.78, 5) is 4.38. The van der Waals surface area contributed by atoms with Crippen molar-refractivity contribution in [1.29, 1.82) is 0 Å². The molecule has 0 aliphatic carbocycles. The SMILES string of the molecule is CCCc1noc(-c2cc3ccccc3cc2N)n1. The van der Waals surface area contributed by atoms with Crippen LogP contribution in [0.3, 0.4) is 0 Å². The van der Waals surface area contributed by atoms with Gasteiger partial charge >= 0.3 is 0 Å². The second-order valence-electron chi connectivity index (χ2n) is 4.55. The molecule has 19 heavy (non-hydrogen) atoms. The normalized spacial score (nSPS) is 11.0. The highest BCUT2D eigenvalue weighted by Gasteiger charge is 2.12. The van der Waals surface area contributed by atoms with Gasteiger partial charge in [-0.05, 0) is 29.3 Å². The first kappa shape index (κ1) is 11.7. The number of rotatable bonds is 3. The molecule has 1 heterocycles. The van der Waals surface area contributed by atoms with Crippen molar-refractivity contribution in [2.75, 3.05) is 5.73 Å². The predicted octanol–water partition coefficient (Wildman–Crippen LogP) is 3.42. The Morgan fingerprint density at radius 3 is 2.63 bits per heavy atom. The zero-order valence-corrected chi connectivity index (χ0v) is 10.8. The number of anilines is 1. The van der Waals surface area contributed by atoms with E-state index >= 15 is 0 Å². The van der Waals surface area contributed by atoms with Crippen molar-refractivity contribution in [1.82, 2.24) is 10.1 Å². The summed E-state index contributed by atoms with van der Waals surface area (Å²) >= 11 is 0. The molecule has 4 nitrogen and oxygen atoms in total. The molecule has 0 amide bonds. The number of nitrogen functional groups attached to an aromatic ring is 1. The molecule has 1 aromatic heterocycles. The molecule has 0 spiro atoms. The van der Waals surface area contributed by atoms with Gasteiger partial charge in [0.15, 0.2) is 5.82 Å². The molecule has 3 rings (SSSR count). The predicted molar refractivity (Wildman–Crippen MR) is 75.6 cm³/mol. The zero-order valence-electron chi connectivity index (χ0n) is 10.8. The summed E-state index contributed by atoms with van der Waals surface area (Å²) in [6, 6.07) is 12.0. The highest BCUT2D eigenvalue weighted by molar-refractivity contribution is 5.92. The lowest BCUT2D eigenvalue weighted by molar-refractivity contribution is 0.422. The Balaban J connectivity index is 2.10. The van der Waals surface area contributed by atoms with Gasteiger partial charge in [-0.2, -0.15) is 4.98 Å². The summed E-state index contributed by atoms with van der Waals surface area (Å²) in [6.07, 6.45) is 1.81. The summed E-state index contributed by atoms with van der Waals surface area (Å²) in [7, 11) is 0. The van der Waals surface area contributed by atoms with Crippen molar-refractivity contribution in [2.24, 2.45) is 0 Å². The molecule has 0 fully saturated rings. The second-order valence-corrected chi connectivity index (χ2v) is 4.55. The van der Waals surface area contributed by atoms with E-state index in [2.05, 4.69) is 17.1 Å². The molecule has 0 saturated carbocycles. The van der Waals surface area contributed by atoms with Gasteiger partial charge in [-0.3, -0.25) is 0 Å². The van der Waals surface area contributed by atoms with E-state index in [0.717, 1.165) is 35.0 Å². The first-order valence-corrected chi connectivity index (χ1v) is 6.39. The van der Waals surface area contributed by atoms with Crippen LogP contribution in [-0.4, -0.2) is 10.1 Å². The molecule has 3 aromatic rings. The fraction of sp³-hybridized carbons (Fsp3) is 0.200. The van der Waals surface area contributed by atoms with E-state index in [4.69, 9.17) is 10.3 Å². The van der Waals surface area contributed by atoms with Crippen LogP contribution in [0.25, 0.3) is 22.2 Å². The zero-order chi connectivity index (χ0) is 13.2. The first-order chi connectivity index (χ1) is 9.28. The van der Waals surface area contributed by atoms with Crippen molar-refractivity contribution >= 4 is 16.5 Å². The minimum absolute atomic E-state index is 0.492. The molecule has 0 radical (unpaired) electrons. The number of benzene rings is 2. The molecule has 0 saturated heterocycles. The second kappa shape index (κ2) is 4.72. The molecular weight excluding hydrogens is 238 g/mol. The maximum atomic E-state index is 6.07. The van der Waals surface area contributed by atoms with E-state index in [1.807, 2.05) is 36.4 Å². The number of fused-ring (bicyclic) bond motifs is 1. The summed E-state index contributed by atoms with van der Waals surface area (Å²) < 4.78 is 5.29. The number of nitrogens with two attached hydrogens (primary N) is 1. The number of aromatic nitrogens is 2. The fourth-order valence-corrected chi connectivity index (χ4v) is 2.13. The largest absolute Gasteiger partial charge is 0.398 e. The molecule has 2 aromatic carbocycles. The van der Waals surface area contributed by atoms with Gasteiger partial charge in [-0.25, -0.2) is 0 Å². The maximum Gasteiger partial charge on any atom is 0.260 e. The monoisotopic (exact) mass is 253 g/mol. The van der Waals surface area contributed by atoms with Crippen molar-refractivity contribution < 1.29 is 4.52 Å². The summed E-state index contributed by atoms with van der Waals surface area (Å²) in [5.74, 6) is 1.22. The van der Waals surface area contributed by atoms with Gasteiger partial charge < -0.3 is 10.3 Å². The molecule has 0 unspecified atom stereocenters. The van der Waals surface area contributed by atoms with Crippen molar-refractivity contribution in [3.8, 4) is 11.5 Å². The van der Waals surface area contributed by atoms with Crippen LogP contribution in [0.4, 0.5) is 5.69 Å². The lowest BCUT2D eigenvalue weighted by Crippen LogP contribution is -1.91.